The van der Waals surface area contributed by atoms with E-state index >= 15 is 0 Å². The van der Waals surface area contributed by atoms with Crippen LogP contribution in [0.3, 0.4) is 0 Å². The third-order valence-corrected chi connectivity index (χ3v) is 3.88. The van der Waals surface area contributed by atoms with Crippen LogP contribution >= 0.6 is 36.2 Å². The molecule has 8 heteroatoms. The van der Waals surface area contributed by atoms with Crippen molar-refractivity contribution in [1.82, 2.24) is 9.88 Å². The number of hydrogen-bond donors (Lipinski definition) is 1. The first-order chi connectivity index (χ1) is 8.08. The first kappa shape index (κ1) is 18.4. The van der Waals surface area contributed by atoms with Crippen LogP contribution < -0.4 is 10.6 Å². The number of rotatable bonds is 2. The molecule has 1 fully saturated rings. The Balaban J connectivity index is 0.00000162. The highest BCUT2D eigenvalue weighted by Gasteiger charge is 2.24. The third-order valence-electron chi connectivity index (χ3n) is 2.86. The van der Waals surface area contributed by atoms with Gasteiger partial charge in [0.15, 0.2) is 5.13 Å². The second-order valence-corrected chi connectivity index (χ2v) is 5.21. The maximum absolute atomic E-state index is 11.7. The van der Waals surface area contributed by atoms with Gasteiger partial charge >= 0.3 is 0 Å². The Labute approximate surface area is 130 Å². The van der Waals surface area contributed by atoms with Crippen LogP contribution in [0.1, 0.15) is 12.6 Å². The van der Waals surface area contributed by atoms with Crippen molar-refractivity contribution in [2.75, 3.05) is 31.1 Å². The number of nitrogens with two attached hydrogens (primary N) is 1. The molecule has 1 amide bonds. The SMILES string of the molecule is Cc1csc(N2CCN(C(=O)[C@@H](C)N)CC2)n1.Cl.Cl. The van der Waals surface area contributed by atoms with Crippen molar-refractivity contribution in [2.45, 2.75) is 19.9 Å². The van der Waals surface area contributed by atoms with E-state index in [1.807, 2.05) is 11.8 Å². The molecular formula is C11H20Cl2N4OS. The largest absolute Gasteiger partial charge is 0.345 e. The summed E-state index contributed by atoms with van der Waals surface area (Å²) >= 11 is 1.66. The van der Waals surface area contributed by atoms with Gasteiger partial charge in [0, 0.05) is 31.6 Å². The summed E-state index contributed by atoms with van der Waals surface area (Å²) in [7, 11) is 0. The molecule has 1 saturated heterocycles. The van der Waals surface area contributed by atoms with Crippen molar-refractivity contribution >= 4 is 47.2 Å². The Morgan fingerprint density at radius 2 is 1.95 bits per heavy atom. The van der Waals surface area contributed by atoms with Gasteiger partial charge in [-0.05, 0) is 13.8 Å². The number of aryl methyl sites for hydroxylation is 1. The molecule has 1 aromatic rings. The van der Waals surface area contributed by atoms with Crippen LogP contribution in [0.5, 0.6) is 0 Å². The molecular weight excluding hydrogens is 307 g/mol. The average Bonchev–Trinajstić information content (AvgIpc) is 2.75. The summed E-state index contributed by atoms with van der Waals surface area (Å²) in [5.74, 6) is 0.0416. The lowest BCUT2D eigenvalue weighted by Crippen LogP contribution is -2.52. The zero-order valence-electron chi connectivity index (χ0n) is 11.0. The van der Waals surface area contributed by atoms with E-state index < -0.39 is 6.04 Å². The summed E-state index contributed by atoms with van der Waals surface area (Å²) in [5, 5.41) is 3.10. The number of nitrogens with zero attached hydrogens (tertiary/aromatic N) is 3. The summed E-state index contributed by atoms with van der Waals surface area (Å²) in [6, 6.07) is -0.399. The lowest BCUT2D eigenvalue weighted by Gasteiger charge is -2.35. The lowest BCUT2D eigenvalue weighted by molar-refractivity contribution is -0.132. The molecule has 0 aromatic carbocycles. The van der Waals surface area contributed by atoms with Crippen LogP contribution in [-0.4, -0.2) is 48.0 Å². The van der Waals surface area contributed by atoms with Crippen molar-refractivity contribution < 1.29 is 4.79 Å². The molecule has 1 aliphatic rings. The highest BCUT2D eigenvalue weighted by Crippen LogP contribution is 2.21. The summed E-state index contributed by atoms with van der Waals surface area (Å²) in [6.07, 6.45) is 0. The van der Waals surface area contributed by atoms with Crippen molar-refractivity contribution in [2.24, 2.45) is 5.73 Å². The predicted molar refractivity (Wildman–Crippen MR) is 83.8 cm³/mol. The number of thiazole rings is 1. The first-order valence-corrected chi connectivity index (χ1v) is 6.67. The molecule has 0 saturated carbocycles. The van der Waals surface area contributed by atoms with Gasteiger partial charge in [-0.15, -0.1) is 36.2 Å². The van der Waals surface area contributed by atoms with Crippen LogP contribution in [0.15, 0.2) is 5.38 Å². The number of piperazine rings is 1. The van der Waals surface area contributed by atoms with Gasteiger partial charge in [-0.2, -0.15) is 0 Å². The Morgan fingerprint density at radius 1 is 1.37 bits per heavy atom. The fourth-order valence-corrected chi connectivity index (χ4v) is 2.75. The highest BCUT2D eigenvalue weighted by atomic mass is 35.5. The normalized spacial score (nSPS) is 16.4. The van der Waals surface area contributed by atoms with Crippen molar-refractivity contribution in [3.63, 3.8) is 0 Å². The molecule has 5 nitrogen and oxygen atoms in total. The van der Waals surface area contributed by atoms with Gasteiger partial charge in [0.2, 0.25) is 5.91 Å². The first-order valence-electron chi connectivity index (χ1n) is 5.79. The van der Waals surface area contributed by atoms with Crippen LogP contribution in [0.2, 0.25) is 0 Å². The van der Waals surface area contributed by atoms with Gasteiger partial charge in [-0.1, -0.05) is 0 Å². The van der Waals surface area contributed by atoms with Gasteiger partial charge in [0.1, 0.15) is 0 Å². The highest BCUT2D eigenvalue weighted by molar-refractivity contribution is 7.13. The number of carbonyl (C=O) groups excluding carboxylic acids is 1. The zero-order valence-corrected chi connectivity index (χ0v) is 13.5. The fourth-order valence-electron chi connectivity index (χ4n) is 1.89. The van der Waals surface area contributed by atoms with E-state index in [0.717, 1.165) is 37.0 Å². The lowest BCUT2D eigenvalue weighted by atomic mass is 10.2. The Hall–Kier alpha value is -0.560. The van der Waals surface area contributed by atoms with Gasteiger partial charge in [0.25, 0.3) is 0 Å². The Kier molecular flexibility index (Phi) is 7.66. The average molecular weight is 327 g/mol. The maximum Gasteiger partial charge on any atom is 0.239 e. The quantitative estimate of drug-likeness (QED) is 0.889. The minimum Gasteiger partial charge on any atom is -0.345 e. The molecule has 110 valence electrons. The smallest absolute Gasteiger partial charge is 0.239 e. The summed E-state index contributed by atoms with van der Waals surface area (Å²) < 4.78 is 0. The standard InChI is InChI=1S/C11H18N4OS.2ClH/c1-8-7-17-11(13-8)15-5-3-14(4-6-15)10(16)9(2)12;;/h7,9H,3-6,12H2,1-2H3;2*1H/t9-;;/m1../s1. The van der Waals surface area contributed by atoms with E-state index in [1.54, 1.807) is 18.3 Å². The Bertz CT molecular complexity index is 405. The van der Waals surface area contributed by atoms with Crippen molar-refractivity contribution in [3.05, 3.63) is 11.1 Å². The van der Waals surface area contributed by atoms with E-state index in [-0.39, 0.29) is 30.7 Å². The molecule has 2 N–H and O–H groups in total. The molecule has 1 aliphatic heterocycles. The monoisotopic (exact) mass is 326 g/mol. The van der Waals surface area contributed by atoms with Gasteiger partial charge in [0.05, 0.1) is 11.7 Å². The summed E-state index contributed by atoms with van der Waals surface area (Å²) in [5.41, 5.74) is 6.66. The molecule has 2 heterocycles. The molecule has 19 heavy (non-hydrogen) atoms. The molecule has 1 aromatic heterocycles. The van der Waals surface area contributed by atoms with E-state index in [4.69, 9.17) is 5.73 Å². The van der Waals surface area contributed by atoms with E-state index in [2.05, 4.69) is 15.3 Å². The van der Waals surface area contributed by atoms with Gasteiger partial charge in [-0.25, -0.2) is 4.98 Å². The van der Waals surface area contributed by atoms with Gasteiger partial charge < -0.3 is 15.5 Å². The summed E-state index contributed by atoms with van der Waals surface area (Å²) in [6.45, 7) is 6.88. The van der Waals surface area contributed by atoms with E-state index in [1.165, 1.54) is 0 Å². The topological polar surface area (TPSA) is 62.5 Å². The number of amides is 1. The van der Waals surface area contributed by atoms with Crippen LogP contribution in [0, 0.1) is 6.92 Å². The maximum atomic E-state index is 11.7. The second-order valence-electron chi connectivity index (χ2n) is 4.37. The molecule has 0 unspecified atom stereocenters. The van der Waals surface area contributed by atoms with Crippen LogP contribution in [-0.2, 0) is 4.79 Å². The molecule has 0 radical (unpaired) electrons. The molecule has 2 rings (SSSR count). The van der Waals surface area contributed by atoms with Crippen LogP contribution in [0.4, 0.5) is 5.13 Å². The minimum atomic E-state index is -0.399. The van der Waals surface area contributed by atoms with Crippen LogP contribution in [0.25, 0.3) is 0 Å². The van der Waals surface area contributed by atoms with Crippen molar-refractivity contribution in [3.8, 4) is 0 Å². The second kappa shape index (κ2) is 7.89. The number of carbonyl (C=O) groups is 1. The van der Waals surface area contributed by atoms with Gasteiger partial charge in [-0.3, -0.25) is 4.79 Å². The number of aromatic nitrogens is 1. The van der Waals surface area contributed by atoms with E-state index in [9.17, 15) is 4.79 Å². The number of hydrogen-bond acceptors (Lipinski definition) is 5. The molecule has 0 bridgehead atoms. The van der Waals surface area contributed by atoms with E-state index in [0.29, 0.717) is 0 Å². The predicted octanol–water partition coefficient (Wildman–Crippen LogP) is 1.29. The Morgan fingerprint density at radius 3 is 2.37 bits per heavy atom. The molecule has 0 aliphatic carbocycles. The van der Waals surface area contributed by atoms with Crippen molar-refractivity contribution in [1.29, 1.82) is 0 Å². The summed E-state index contributed by atoms with van der Waals surface area (Å²) in [4.78, 5) is 20.2. The zero-order chi connectivity index (χ0) is 12.4. The fraction of sp³-hybridized carbons (Fsp3) is 0.636. The molecule has 1 atom stereocenters. The third kappa shape index (κ3) is 4.49. The molecule has 0 spiro atoms. The number of anilines is 1. The number of halogens is 2. The minimum absolute atomic E-state index is 0.